The summed E-state index contributed by atoms with van der Waals surface area (Å²) in [6, 6.07) is 0. The first-order chi connectivity index (χ1) is 6.02. The molecule has 0 aliphatic carbocycles. The van der Waals surface area contributed by atoms with Crippen molar-refractivity contribution in [2.45, 2.75) is 47.1 Å². The number of hydrogen-bond acceptors (Lipinski definition) is 1. The van der Waals surface area contributed by atoms with Gasteiger partial charge in [0.25, 0.3) is 0 Å². The summed E-state index contributed by atoms with van der Waals surface area (Å²) in [6.45, 7) is 11.1. The molecule has 0 aromatic heterocycles. The fourth-order valence-electron chi connectivity index (χ4n) is 2.07. The van der Waals surface area contributed by atoms with E-state index < -0.39 is 0 Å². The van der Waals surface area contributed by atoms with Gasteiger partial charge < -0.3 is 4.74 Å². The van der Waals surface area contributed by atoms with E-state index in [0.29, 0.717) is 17.9 Å². The molecule has 1 rings (SSSR count). The highest BCUT2D eigenvalue weighted by molar-refractivity contribution is 4.99. The maximum Gasteiger partial charge on any atom is 0.104 e. The van der Waals surface area contributed by atoms with Crippen LogP contribution in [0.3, 0.4) is 0 Å². The first-order valence-corrected chi connectivity index (χ1v) is 5.35. The molecule has 76 valence electrons. The number of rotatable bonds is 2. The zero-order chi connectivity index (χ0) is 10.0. The van der Waals surface area contributed by atoms with Gasteiger partial charge in [0.05, 0.1) is 5.76 Å². The first kappa shape index (κ1) is 10.6. The summed E-state index contributed by atoms with van der Waals surface area (Å²) in [6.07, 6.45) is 3.83. The largest absolute Gasteiger partial charge is 0.495 e. The highest BCUT2D eigenvalue weighted by atomic mass is 16.5. The summed E-state index contributed by atoms with van der Waals surface area (Å²) < 4.78 is 5.88. The smallest absolute Gasteiger partial charge is 0.104 e. The van der Waals surface area contributed by atoms with Crippen LogP contribution in [-0.4, -0.2) is 6.10 Å². The highest BCUT2D eigenvalue weighted by Crippen LogP contribution is 2.32. The second kappa shape index (κ2) is 4.17. The summed E-state index contributed by atoms with van der Waals surface area (Å²) in [5.74, 6) is 3.15. The van der Waals surface area contributed by atoms with Crippen molar-refractivity contribution >= 4 is 0 Å². The molecule has 0 aromatic carbocycles. The average Bonchev–Trinajstić information content (AvgIpc) is 2.03. The van der Waals surface area contributed by atoms with Crippen LogP contribution in [0.1, 0.15) is 41.0 Å². The van der Waals surface area contributed by atoms with Crippen LogP contribution in [-0.2, 0) is 4.74 Å². The van der Waals surface area contributed by atoms with Crippen LogP contribution in [0.15, 0.2) is 11.8 Å². The van der Waals surface area contributed by atoms with Crippen molar-refractivity contribution in [3.8, 4) is 0 Å². The number of hydrogen-bond donors (Lipinski definition) is 0. The van der Waals surface area contributed by atoms with E-state index in [-0.39, 0.29) is 0 Å². The molecule has 0 N–H and O–H groups in total. The number of allylic oxidation sites excluding steroid dienone is 2. The van der Waals surface area contributed by atoms with Gasteiger partial charge in [-0.25, -0.2) is 0 Å². The maximum absolute atomic E-state index is 5.88. The molecule has 1 nitrogen and oxygen atoms in total. The van der Waals surface area contributed by atoms with Crippen molar-refractivity contribution in [3.63, 3.8) is 0 Å². The lowest BCUT2D eigenvalue weighted by Crippen LogP contribution is -2.34. The van der Waals surface area contributed by atoms with Crippen molar-refractivity contribution in [2.75, 3.05) is 0 Å². The van der Waals surface area contributed by atoms with Crippen LogP contribution in [0, 0.1) is 17.8 Å². The van der Waals surface area contributed by atoms with E-state index in [9.17, 15) is 0 Å². The molecule has 0 saturated carbocycles. The van der Waals surface area contributed by atoms with Crippen LogP contribution in [0.2, 0.25) is 0 Å². The molecule has 0 bridgehead atoms. The minimum atomic E-state index is 0.421. The lowest BCUT2D eigenvalue weighted by Gasteiger charge is -2.36. The molecule has 0 fully saturated rings. The first-order valence-electron chi connectivity index (χ1n) is 5.35. The van der Waals surface area contributed by atoms with E-state index in [2.05, 4.69) is 40.7 Å². The molecule has 0 saturated heterocycles. The summed E-state index contributed by atoms with van der Waals surface area (Å²) in [7, 11) is 0. The van der Waals surface area contributed by atoms with Gasteiger partial charge >= 0.3 is 0 Å². The van der Waals surface area contributed by atoms with Gasteiger partial charge in [-0.1, -0.05) is 27.7 Å². The maximum atomic E-state index is 5.88. The van der Waals surface area contributed by atoms with Crippen LogP contribution >= 0.6 is 0 Å². The number of ether oxygens (including phenoxy) is 1. The average molecular weight is 182 g/mol. The monoisotopic (exact) mass is 182 g/mol. The van der Waals surface area contributed by atoms with Gasteiger partial charge in [-0.2, -0.15) is 0 Å². The Morgan fingerprint density at radius 3 is 2.31 bits per heavy atom. The molecule has 0 spiro atoms. The van der Waals surface area contributed by atoms with Gasteiger partial charge in [0.15, 0.2) is 0 Å². The fourth-order valence-corrected chi connectivity index (χ4v) is 2.07. The Morgan fingerprint density at radius 1 is 1.23 bits per heavy atom. The second-order valence-corrected chi connectivity index (χ2v) is 4.78. The van der Waals surface area contributed by atoms with Crippen molar-refractivity contribution in [1.29, 1.82) is 0 Å². The lowest BCUT2D eigenvalue weighted by atomic mass is 9.81. The third kappa shape index (κ3) is 2.49. The van der Waals surface area contributed by atoms with Crippen LogP contribution < -0.4 is 0 Å². The molecule has 2 unspecified atom stereocenters. The zero-order valence-electron chi connectivity index (χ0n) is 9.50. The summed E-state index contributed by atoms with van der Waals surface area (Å²) in [5.41, 5.74) is 0. The van der Waals surface area contributed by atoms with Gasteiger partial charge in [-0.3, -0.25) is 0 Å². The topological polar surface area (TPSA) is 9.23 Å². The molecule has 0 aromatic rings. The van der Waals surface area contributed by atoms with Crippen molar-refractivity contribution in [3.05, 3.63) is 11.8 Å². The van der Waals surface area contributed by atoms with Gasteiger partial charge in [-0.15, -0.1) is 0 Å². The van der Waals surface area contributed by atoms with Crippen molar-refractivity contribution < 1.29 is 4.74 Å². The van der Waals surface area contributed by atoms with E-state index >= 15 is 0 Å². The van der Waals surface area contributed by atoms with E-state index in [1.54, 1.807) is 0 Å². The molecule has 1 aliphatic heterocycles. The van der Waals surface area contributed by atoms with E-state index in [0.717, 1.165) is 11.7 Å². The van der Waals surface area contributed by atoms with E-state index in [1.165, 1.54) is 6.42 Å². The quantitative estimate of drug-likeness (QED) is 0.634. The Kier molecular flexibility index (Phi) is 3.40. The normalized spacial score (nSPS) is 29.0. The Labute approximate surface area is 82.2 Å². The highest BCUT2D eigenvalue weighted by Gasteiger charge is 2.30. The summed E-state index contributed by atoms with van der Waals surface area (Å²) in [4.78, 5) is 0. The summed E-state index contributed by atoms with van der Waals surface area (Å²) >= 11 is 0. The Bertz CT molecular complexity index is 191. The van der Waals surface area contributed by atoms with Gasteiger partial charge in [-0.05, 0) is 31.3 Å². The molecule has 1 heteroatoms. The van der Waals surface area contributed by atoms with Crippen LogP contribution in [0.4, 0.5) is 0 Å². The SMILES string of the molecule is CC1=CCC(C(C)C)C(C(C)C)O1. The van der Waals surface area contributed by atoms with Gasteiger partial charge in [0.1, 0.15) is 6.10 Å². The van der Waals surface area contributed by atoms with Crippen molar-refractivity contribution in [2.24, 2.45) is 17.8 Å². The molecule has 2 atom stereocenters. The van der Waals surface area contributed by atoms with E-state index in [4.69, 9.17) is 4.74 Å². The second-order valence-electron chi connectivity index (χ2n) is 4.78. The minimum absolute atomic E-state index is 0.421. The molecular weight excluding hydrogens is 160 g/mol. The summed E-state index contributed by atoms with van der Waals surface area (Å²) in [5, 5.41) is 0. The van der Waals surface area contributed by atoms with E-state index in [1.807, 2.05) is 0 Å². The van der Waals surface area contributed by atoms with Crippen LogP contribution in [0.5, 0.6) is 0 Å². The third-order valence-corrected chi connectivity index (χ3v) is 2.93. The van der Waals surface area contributed by atoms with Gasteiger partial charge in [0.2, 0.25) is 0 Å². The standard InChI is InChI=1S/C12H22O/c1-8(2)11-7-6-10(5)13-12(11)9(3)4/h6,8-9,11-12H,7H2,1-5H3. The molecule has 1 heterocycles. The lowest BCUT2D eigenvalue weighted by molar-refractivity contribution is -0.00192. The molecule has 13 heavy (non-hydrogen) atoms. The predicted molar refractivity (Wildman–Crippen MR) is 56.4 cm³/mol. The third-order valence-electron chi connectivity index (χ3n) is 2.93. The Hall–Kier alpha value is -0.460. The fraction of sp³-hybridized carbons (Fsp3) is 0.833. The van der Waals surface area contributed by atoms with Gasteiger partial charge in [0, 0.05) is 5.92 Å². The zero-order valence-corrected chi connectivity index (χ0v) is 9.50. The Morgan fingerprint density at radius 2 is 1.85 bits per heavy atom. The molecule has 0 amide bonds. The molecular formula is C12H22O. The predicted octanol–water partition coefficient (Wildman–Crippen LogP) is 3.61. The minimum Gasteiger partial charge on any atom is -0.495 e. The molecule has 0 radical (unpaired) electrons. The van der Waals surface area contributed by atoms with Crippen molar-refractivity contribution in [1.82, 2.24) is 0 Å². The molecule has 1 aliphatic rings. The van der Waals surface area contributed by atoms with Crippen LogP contribution in [0.25, 0.3) is 0 Å². The Balaban J connectivity index is 2.72.